The van der Waals surface area contributed by atoms with E-state index in [1.807, 2.05) is 42.0 Å². The molecule has 7 heteroatoms. The molecule has 1 atom stereocenters. The number of aryl methyl sites for hydroxylation is 1. The third kappa shape index (κ3) is 3.06. The lowest BCUT2D eigenvalue weighted by Crippen LogP contribution is -2.12. The lowest BCUT2D eigenvalue weighted by atomic mass is 9.98. The highest BCUT2D eigenvalue weighted by Gasteiger charge is 2.29. The number of benzene rings is 2. The van der Waals surface area contributed by atoms with E-state index in [1.54, 1.807) is 18.2 Å². The molecule has 0 radical (unpaired) electrons. The number of hydrogen-bond acceptors (Lipinski definition) is 5. The van der Waals surface area contributed by atoms with Crippen molar-refractivity contribution in [1.82, 2.24) is 9.55 Å². The van der Waals surface area contributed by atoms with Gasteiger partial charge in [-0.1, -0.05) is 29.8 Å². The van der Waals surface area contributed by atoms with Crippen molar-refractivity contribution in [3.8, 4) is 11.8 Å². The van der Waals surface area contributed by atoms with Crippen LogP contribution >= 0.6 is 11.6 Å². The van der Waals surface area contributed by atoms with Crippen LogP contribution in [0.15, 0.2) is 53.7 Å². The smallest absolute Gasteiger partial charge is 0.304 e. The van der Waals surface area contributed by atoms with Gasteiger partial charge in [-0.05, 0) is 31.2 Å². The van der Waals surface area contributed by atoms with E-state index in [0.29, 0.717) is 33.2 Å². The van der Waals surface area contributed by atoms with Gasteiger partial charge in [0.05, 0.1) is 28.7 Å². The van der Waals surface area contributed by atoms with Crippen LogP contribution in [0.1, 0.15) is 41.4 Å². The van der Waals surface area contributed by atoms with Gasteiger partial charge in [-0.15, -0.1) is 0 Å². The minimum Gasteiger partial charge on any atom is -0.432 e. The summed E-state index contributed by atoms with van der Waals surface area (Å²) in [5, 5.41) is 9.89. The molecule has 1 aliphatic heterocycles. The number of halogens is 1. The molecule has 28 heavy (non-hydrogen) atoms. The average molecular weight is 391 g/mol. The Morgan fingerprint density at radius 1 is 1.25 bits per heavy atom. The first kappa shape index (κ1) is 18.0. The van der Waals surface area contributed by atoms with Crippen molar-refractivity contribution in [3.63, 3.8) is 0 Å². The molecule has 1 aliphatic rings. The van der Waals surface area contributed by atoms with Gasteiger partial charge in [0.25, 0.3) is 6.23 Å². The summed E-state index contributed by atoms with van der Waals surface area (Å²) in [6.45, 7) is 3.19. The van der Waals surface area contributed by atoms with Crippen molar-refractivity contribution >= 4 is 23.3 Å². The maximum Gasteiger partial charge on any atom is 0.304 e. The van der Waals surface area contributed by atoms with Crippen LogP contribution in [-0.2, 0) is 9.53 Å². The minimum atomic E-state index is -0.935. The van der Waals surface area contributed by atoms with Gasteiger partial charge in [-0.2, -0.15) is 5.26 Å². The van der Waals surface area contributed by atoms with E-state index in [0.717, 1.165) is 11.4 Å². The first-order valence-corrected chi connectivity index (χ1v) is 8.96. The zero-order chi connectivity index (χ0) is 19.8. The van der Waals surface area contributed by atoms with E-state index in [2.05, 4.69) is 11.1 Å². The highest BCUT2D eigenvalue weighted by Crippen LogP contribution is 2.33. The number of nitrogens with zero attached hydrogens (tertiary/aromatic N) is 4. The highest BCUT2D eigenvalue weighted by molar-refractivity contribution is 6.35. The minimum absolute atomic E-state index is 0.469. The summed E-state index contributed by atoms with van der Waals surface area (Å²) < 4.78 is 7.31. The third-order valence-electron chi connectivity index (χ3n) is 4.37. The quantitative estimate of drug-likeness (QED) is 0.616. The molecule has 0 amide bonds. The van der Waals surface area contributed by atoms with Crippen LogP contribution in [0, 0.1) is 18.3 Å². The second kappa shape index (κ2) is 6.95. The Balaban J connectivity index is 2.06. The number of rotatable bonds is 2. The molecular weight excluding hydrogens is 376 g/mol. The van der Waals surface area contributed by atoms with Gasteiger partial charge in [0.1, 0.15) is 0 Å². The summed E-state index contributed by atoms with van der Waals surface area (Å²) in [6, 6.07) is 14.8. The molecule has 0 saturated carbocycles. The SMILES string of the molecule is CC(=O)OC1N=C(c2ccccc2Cl)c2cc(C#N)ccc2-n2cc(C)nc21. The fourth-order valence-electron chi connectivity index (χ4n) is 3.24. The van der Waals surface area contributed by atoms with Gasteiger partial charge in [0, 0.05) is 29.3 Å². The number of fused-ring (bicyclic) bond motifs is 3. The Labute approximate surface area is 166 Å². The largest absolute Gasteiger partial charge is 0.432 e. The maximum atomic E-state index is 11.7. The first-order valence-electron chi connectivity index (χ1n) is 8.58. The van der Waals surface area contributed by atoms with Gasteiger partial charge in [-0.25, -0.2) is 9.98 Å². The summed E-state index contributed by atoms with van der Waals surface area (Å²) in [5.74, 6) is 0.0174. The highest BCUT2D eigenvalue weighted by atomic mass is 35.5. The second-order valence-electron chi connectivity index (χ2n) is 6.37. The zero-order valence-corrected chi connectivity index (χ0v) is 15.9. The van der Waals surface area contributed by atoms with E-state index in [1.165, 1.54) is 6.92 Å². The number of carbonyl (C=O) groups is 1. The lowest BCUT2D eigenvalue weighted by molar-refractivity contribution is -0.146. The normalized spacial score (nSPS) is 14.9. The predicted octanol–water partition coefficient (Wildman–Crippen LogP) is 4.12. The number of aliphatic imine (C=N–C) groups is 1. The molecular formula is C21H15ClN4O2. The molecule has 3 aromatic rings. The second-order valence-corrected chi connectivity index (χ2v) is 6.78. The molecule has 2 aromatic carbocycles. The van der Waals surface area contributed by atoms with Crippen molar-refractivity contribution in [2.75, 3.05) is 0 Å². The van der Waals surface area contributed by atoms with E-state index < -0.39 is 12.2 Å². The fourth-order valence-corrected chi connectivity index (χ4v) is 3.46. The molecule has 0 saturated heterocycles. The van der Waals surface area contributed by atoms with Crippen molar-refractivity contribution in [2.45, 2.75) is 20.1 Å². The molecule has 2 heterocycles. The molecule has 0 N–H and O–H groups in total. The molecule has 0 fully saturated rings. The molecule has 6 nitrogen and oxygen atoms in total. The average Bonchev–Trinajstić information content (AvgIpc) is 3.01. The molecule has 0 spiro atoms. The van der Waals surface area contributed by atoms with E-state index in [4.69, 9.17) is 21.3 Å². The van der Waals surface area contributed by atoms with Crippen LogP contribution in [0.2, 0.25) is 5.02 Å². The number of carbonyl (C=O) groups excluding carboxylic acids is 1. The Bertz CT molecular complexity index is 1170. The Morgan fingerprint density at radius 2 is 2.04 bits per heavy atom. The van der Waals surface area contributed by atoms with Crippen LogP contribution < -0.4 is 0 Å². The molecule has 4 rings (SSSR count). The van der Waals surface area contributed by atoms with Crippen LogP contribution in [-0.4, -0.2) is 21.2 Å². The number of ether oxygens (including phenoxy) is 1. The Kier molecular flexibility index (Phi) is 4.46. The van der Waals surface area contributed by atoms with E-state index >= 15 is 0 Å². The van der Waals surface area contributed by atoms with Gasteiger partial charge in [-0.3, -0.25) is 9.36 Å². The van der Waals surface area contributed by atoms with Crippen LogP contribution in [0.4, 0.5) is 0 Å². The first-order chi connectivity index (χ1) is 13.5. The molecule has 0 aliphatic carbocycles. The summed E-state index contributed by atoms with van der Waals surface area (Å²) in [5.41, 5.74) is 3.96. The lowest BCUT2D eigenvalue weighted by Gasteiger charge is -2.13. The summed E-state index contributed by atoms with van der Waals surface area (Å²) >= 11 is 6.44. The summed E-state index contributed by atoms with van der Waals surface area (Å²) in [6.07, 6.45) is 0.914. The van der Waals surface area contributed by atoms with Crippen molar-refractivity contribution < 1.29 is 9.53 Å². The number of nitriles is 1. The predicted molar refractivity (Wildman–Crippen MR) is 105 cm³/mol. The van der Waals surface area contributed by atoms with E-state index in [9.17, 15) is 10.1 Å². The van der Waals surface area contributed by atoms with Gasteiger partial charge in [0.2, 0.25) is 0 Å². The Morgan fingerprint density at radius 3 is 2.75 bits per heavy atom. The van der Waals surface area contributed by atoms with Crippen molar-refractivity contribution in [1.29, 1.82) is 5.26 Å². The molecule has 1 unspecified atom stereocenters. The standard InChI is InChI=1S/C21H15ClN4O2/c1-12-11-26-18-8-7-14(10-23)9-16(18)19(15-5-3-4-6-17(15)22)25-21(20(26)24-12)28-13(2)27/h3-9,11,21H,1-2H3. The van der Waals surface area contributed by atoms with Crippen LogP contribution in [0.25, 0.3) is 5.69 Å². The van der Waals surface area contributed by atoms with Crippen molar-refractivity contribution in [3.05, 3.63) is 81.9 Å². The third-order valence-corrected chi connectivity index (χ3v) is 4.70. The number of imidazole rings is 1. The van der Waals surface area contributed by atoms with Gasteiger partial charge < -0.3 is 4.74 Å². The summed E-state index contributed by atoms with van der Waals surface area (Å²) in [4.78, 5) is 21.0. The molecule has 138 valence electrons. The van der Waals surface area contributed by atoms with Crippen LogP contribution in [0.3, 0.4) is 0 Å². The van der Waals surface area contributed by atoms with Gasteiger partial charge >= 0.3 is 5.97 Å². The number of esters is 1. The topological polar surface area (TPSA) is 80.3 Å². The fraction of sp³-hybridized carbons (Fsp3) is 0.143. The Hall–Kier alpha value is -3.43. The summed E-state index contributed by atoms with van der Waals surface area (Å²) in [7, 11) is 0. The monoisotopic (exact) mass is 390 g/mol. The van der Waals surface area contributed by atoms with Crippen molar-refractivity contribution in [2.24, 2.45) is 4.99 Å². The number of aromatic nitrogens is 2. The maximum absolute atomic E-state index is 11.7. The number of hydrogen-bond donors (Lipinski definition) is 0. The van der Waals surface area contributed by atoms with E-state index in [-0.39, 0.29) is 0 Å². The zero-order valence-electron chi connectivity index (χ0n) is 15.2. The van der Waals surface area contributed by atoms with Crippen LogP contribution in [0.5, 0.6) is 0 Å². The molecule has 1 aromatic heterocycles. The van der Waals surface area contributed by atoms with Gasteiger partial charge in [0.15, 0.2) is 5.82 Å². The molecule has 0 bridgehead atoms.